The molecule has 0 unspecified atom stereocenters. The van der Waals surface area contributed by atoms with Crippen molar-refractivity contribution >= 4 is 5.82 Å². The first-order chi connectivity index (χ1) is 8.44. The van der Waals surface area contributed by atoms with Crippen LogP contribution in [0.15, 0.2) is 17.2 Å². The lowest BCUT2D eigenvalue weighted by Gasteiger charge is -2.08. The largest absolute Gasteiger partial charge is 0.389 e. The molecule has 0 atom stereocenters. The minimum atomic E-state index is -4.11. The van der Waals surface area contributed by atoms with Gasteiger partial charge in [0.15, 0.2) is 5.82 Å². The molecule has 102 valence electrons. The molecule has 0 saturated carbocycles. The topological polar surface area (TPSA) is 46.9 Å². The lowest BCUT2D eigenvalue weighted by molar-refractivity contribution is -0.135. The second kappa shape index (κ2) is 6.42. The Balaban J connectivity index is 2.38. The Morgan fingerprint density at radius 1 is 1.39 bits per heavy atom. The van der Waals surface area contributed by atoms with Gasteiger partial charge in [0.1, 0.15) is 0 Å². The number of nitrogens with one attached hydrogen (secondary N) is 1. The molecular formula is C11H16F3N3O. The van der Waals surface area contributed by atoms with Crippen LogP contribution in [0.2, 0.25) is 0 Å². The maximum absolute atomic E-state index is 11.9. The molecule has 0 amide bonds. The van der Waals surface area contributed by atoms with Gasteiger partial charge in [0, 0.05) is 31.9 Å². The Bertz CT molecular complexity index is 428. The van der Waals surface area contributed by atoms with Crippen molar-refractivity contribution < 1.29 is 13.2 Å². The Morgan fingerprint density at radius 3 is 2.72 bits per heavy atom. The van der Waals surface area contributed by atoms with Crippen molar-refractivity contribution in [2.24, 2.45) is 0 Å². The van der Waals surface area contributed by atoms with Gasteiger partial charge in [-0.2, -0.15) is 13.2 Å². The number of aryl methyl sites for hydroxylation is 1. The average Bonchev–Trinajstić information content (AvgIpc) is 2.29. The van der Waals surface area contributed by atoms with E-state index in [2.05, 4.69) is 10.3 Å². The highest BCUT2D eigenvalue weighted by atomic mass is 19.4. The highest BCUT2D eigenvalue weighted by Gasteiger charge is 2.25. The number of aromatic nitrogens is 2. The molecule has 7 heteroatoms. The number of alkyl halides is 3. The molecule has 0 spiro atoms. The van der Waals surface area contributed by atoms with Gasteiger partial charge in [-0.1, -0.05) is 0 Å². The van der Waals surface area contributed by atoms with Gasteiger partial charge < -0.3 is 9.88 Å². The second-order valence-corrected chi connectivity index (χ2v) is 3.87. The molecular weight excluding hydrogens is 247 g/mol. The molecule has 0 fully saturated rings. The lowest BCUT2D eigenvalue weighted by atomic mass is 10.2. The zero-order chi connectivity index (χ0) is 13.6. The molecule has 0 aliphatic heterocycles. The maximum atomic E-state index is 11.9. The summed E-state index contributed by atoms with van der Waals surface area (Å²) in [5.74, 6) is 0.186. The standard InChI is InChI=1S/C11H16F3N3O/c1-2-17-8-7-16-9(10(17)18)15-6-4-3-5-11(12,13)14/h7-8H,2-6H2,1H3,(H,15,16). The summed E-state index contributed by atoms with van der Waals surface area (Å²) in [6, 6.07) is 0. The smallest absolute Gasteiger partial charge is 0.365 e. The van der Waals surface area contributed by atoms with Gasteiger partial charge in [-0.05, 0) is 19.8 Å². The van der Waals surface area contributed by atoms with Crippen LogP contribution in [0.4, 0.5) is 19.0 Å². The van der Waals surface area contributed by atoms with Crippen LogP contribution in [-0.2, 0) is 6.54 Å². The summed E-state index contributed by atoms with van der Waals surface area (Å²) in [5, 5.41) is 2.76. The Kier molecular flexibility index (Phi) is 5.18. The average molecular weight is 263 g/mol. The number of rotatable bonds is 6. The van der Waals surface area contributed by atoms with E-state index in [1.807, 2.05) is 6.92 Å². The van der Waals surface area contributed by atoms with Crippen LogP contribution in [0.5, 0.6) is 0 Å². The predicted molar refractivity (Wildman–Crippen MR) is 62.6 cm³/mol. The fourth-order valence-corrected chi connectivity index (χ4v) is 1.47. The van der Waals surface area contributed by atoms with Crippen LogP contribution in [-0.4, -0.2) is 22.3 Å². The third-order valence-electron chi connectivity index (χ3n) is 2.43. The van der Waals surface area contributed by atoms with Crippen molar-refractivity contribution in [2.75, 3.05) is 11.9 Å². The first-order valence-corrected chi connectivity index (χ1v) is 5.80. The van der Waals surface area contributed by atoms with Crippen molar-refractivity contribution in [3.8, 4) is 0 Å². The lowest BCUT2D eigenvalue weighted by Crippen LogP contribution is -2.24. The number of anilines is 1. The van der Waals surface area contributed by atoms with Crippen molar-refractivity contribution in [2.45, 2.75) is 38.9 Å². The summed E-state index contributed by atoms with van der Waals surface area (Å²) >= 11 is 0. The molecule has 0 aliphatic carbocycles. The third kappa shape index (κ3) is 4.77. The fourth-order valence-electron chi connectivity index (χ4n) is 1.47. The summed E-state index contributed by atoms with van der Waals surface area (Å²) < 4.78 is 37.1. The number of halogens is 3. The molecule has 0 saturated heterocycles. The second-order valence-electron chi connectivity index (χ2n) is 3.87. The first kappa shape index (κ1) is 14.5. The zero-order valence-corrected chi connectivity index (χ0v) is 10.1. The minimum absolute atomic E-state index is 0.0469. The van der Waals surface area contributed by atoms with Gasteiger partial charge in [-0.3, -0.25) is 4.79 Å². The van der Waals surface area contributed by atoms with E-state index in [0.29, 0.717) is 19.5 Å². The predicted octanol–water partition coefficient (Wildman–Crippen LogP) is 2.41. The normalized spacial score (nSPS) is 11.6. The summed E-state index contributed by atoms with van der Waals surface area (Å²) in [6.45, 7) is 2.67. The van der Waals surface area contributed by atoms with E-state index < -0.39 is 12.6 Å². The third-order valence-corrected chi connectivity index (χ3v) is 2.43. The van der Waals surface area contributed by atoms with Crippen molar-refractivity contribution in [3.05, 3.63) is 22.7 Å². The zero-order valence-electron chi connectivity index (χ0n) is 10.1. The summed E-state index contributed by atoms with van der Waals surface area (Å²) in [7, 11) is 0. The van der Waals surface area contributed by atoms with Gasteiger partial charge >= 0.3 is 6.18 Å². The summed E-state index contributed by atoms with van der Waals surface area (Å²) in [5.41, 5.74) is -0.254. The molecule has 1 aromatic rings. The summed E-state index contributed by atoms with van der Waals surface area (Å²) in [4.78, 5) is 15.5. The van der Waals surface area contributed by atoms with Crippen LogP contribution in [0.1, 0.15) is 26.2 Å². The minimum Gasteiger partial charge on any atom is -0.365 e. The van der Waals surface area contributed by atoms with Gasteiger partial charge in [0.05, 0.1) is 0 Å². The molecule has 4 nitrogen and oxygen atoms in total. The molecule has 0 radical (unpaired) electrons. The maximum Gasteiger partial charge on any atom is 0.389 e. The number of unbranched alkanes of at least 4 members (excludes halogenated alkanes) is 1. The number of hydrogen-bond donors (Lipinski definition) is 1. The van der Waals surface area contributed by atoms with E-state index in [1.165, 1.54) is 10.8 Å². The Morgan fingerprint density at radius 2 is 2.11 bits per heavy atom. The van der Waals surface area contributed by atoms with Gasteiger partial charge in [-0.15, -0.1) is 0 Å². The molecule has 1 N–H and O–H groups in total. The van der Waals surface area contributed by atoms with Crippen LogP contribution in [0, 0.1) is 0 Å². The molecule has 1 heterocycles. The highest BCUT2D eigenvalue weighted by Crippen LogP contribution is 2.21. The number of hydrogen-bond acceptors (Lipinski definition) is 3. The molecule has 1 rings (SSSR count). The molecule has 0 aromatic carbocycles. The van der Waals surface area contributed by atoms with Crippen molar-refractivity contribution in [1.82, 2.24) is 9.55 Å². The first-order valence-electron chi connectivity index (χ1n) is 5.80. The van der Waals surface area contributed by atoms with E-state index >= 15 is 0 Å². The Labute approximate surface area is 103 Å². The Hall–Kier alpha value is -1.53. The van der Waals surface area contributed by atoms with Crippen LogP contribution in [0.25, 0.3) is 0 Å². The van der Waals surface area contributed by atoms with E-state index in [0.717, 1.165) is 0 Å². The van der Waals surface area contributed by atoms with E-state index in [9.17, 15) is 18.0 Å². The monoisotopic (exact) mass is 263 g/mol. The quantitative estimate of drug-likeness (QED) is 0.802. The highest BCUT2D eigenvalue weighted by molar-refractivity contribution is 5.30. The molecule has 18 heavy (non-hydrogen) atoms. The van der Waals surface area contributed by atoms with Crippen LogP contribution >= 0.6 is 0 Å². The van der Waals surface area contributed by atoms with Gasteiger partial charge in [0.2, 0.25) is 0 Å². The fraction of sp³-hybridized carbons (Fsp3) is 0.636. The van der Waals surface area contributed by atoms with E-state index in [1.54, 1.807) is 6.20 Å². The summed E-state index contributed by atoms with van der Waals surface area (Å²) in [6.07, 6.45) is -1.46. The van der Waals surface area contributed by atoms with Crippen LogP contribution in [0.3, 0.4) is 0 Å². The molecule has 0 aliphatic rings. The van der Waals surface area contributed by atoms with Crippen molar-refractivity contribution in [1.29, 1.82) is 0 Å². The van der Waals surface area contributed by atoms with E-state index in [-0.39, 0.29) is 17.8 Å². The van der Waals surface area contributed by atoms with Crippen LogP contribution < -0.4 is 10.9 Å². The SMILES string of the molecule is CCn1ccnc(NCCCCC(F)(F)F)c1=O. The van der Waals surface area contributed by atoms with Gasteiger partial charge in [-0.25, -0.2) is 4.98 Å². The van der Waals surface area contributed by atoms with Gasteiger partial charge in [0.25, 0.3) is 5.56 Å². The van der Waals surface area contributed by atoms with Crippen molar-refractivity contribution in [3.63, 3.8) is 0 Å². The van der Waals surface area contributed by atoms with E-state index in [4.69, 9.17) is 0 Å². The molecule has 1 aromatic heterocycles. The molecule has 0 bridgehead atoms. The number of nitrogens with zero attached hydrogens (tertiary/aromatic N) is 2.